The summed E-state index contributed by atoms with van der Waals surface area (Å²) in [5, 5.41) is 11.9. The molecule has 5 nitrogen and oxygen atoms in total. The van der Waals surface area contributed by atoms with E-state index in [0.717, 1.165) is 16.8 Å². The van der Waals surface area contributed by atoms with Crippen molar-refractivity contribution < 1.29 is 23.1 Å². The van der Waals surface area contributed by atoms with Gasteiger partial charge in [-0.1, -0.05) is 30.3 Å². The predicted octanol–water partition coefficient (Wildman–Crippen LogP) is 2.52. The minimum Gasteiger partial charge on any atom is -0.386 e. The second-order valence-electron chi connectivity index (χ2n) is 5.90. The molecule has 1 amide bonds. The number of nitrogens with zero attached hydrogens (tertiary/aromatic N) is 1. The molecule has 0 radical (unpaired) electrons. The zero-order valence-electron chi connectivity index (χ0n) is 14.1. The number of aliphatic hydroxyl groups excluding tert-OH is 1. The lowest BCUT2D eigenvalue weighted by molar-refractivity contribution is -0.133. The molecule has 0 aliphatic rings. The van der Waals surface area contributed by atoms with Crippen molar-refractivity contribution in [3.8, 4) is 11.1 Å². The number of halogens is 3. The Kier molecular flexibility index (Phi) is 6.70. The van der Waals surface area contributed by atoms with Gasteiger partial charge in [0.05, 0.1) is 11.7 Å². The molecule has 2 rings (SSSR count). The molecule has 0 spiro atoms. The number of hydrogen-bond acceptors (Lipinski definition) is 4. The van der Waals surface area contributed by atoms with E-state index in [1.165, 1.54) is 12.1 Å². The van der Waals surface area contributed by atoms with Gasteiger partial charge in [-0.3, -0.25) is 9.78 Å². The van der Waals surface area contributed by atoms with Gasteiger partial charge in [-0.05, 0) is 24.1 Å². The highest BCUT2D eigenvalue weighted by atomic mass is 19.3. The van der Waals surface area contributed by atoms with Gasteiger partial charge < -0.3 is 16.2 Å². The van der Waals surface area contributed by atoms with Gasteiger partial charge in [-0.15, -0.1) is 0 Å². The van der Waals surface area contributed by atoms with Crippen LogP contribution in [0.25, 0.3) is 11.1 Å². The van der Waals surface area contributed by atoms with E-state index in [0.29, 0.717) is 5.56 Å². The summed E-state index contributed by atoms with van der Waals surface area (Å²) in [6.45, 7) is 0.649. The summed E-state index contributed by atoms with van der Waals surface area (Å²) in [6, 6.07) is 8.48. The number of nitrogens with two attached hydrogens (primary N) is 1. The maximum atomic E-state index is 13.0. The van der Waals surface area contributed by atoms with E-state index in [4.69, 9.17) is 5.73 Å². The first-order valence-corrected chi connectivity index (χ1v) is 7.98. The predicted molar refractivity (Wildman–Crippen MR) is 91.1 cm³/mol. The monoisotopic (exact) mass is 367 g/mol. The Morgan fingerprint density at radius 2 is 1.81 bits per heavy atom. The van der Waals surface area contributed by atoms with Crippen LogP contribution in [0, 0.1) is 0 Å². The molecule has 0 saturated heterocycles. The largest absolute Gasteiger partial charge is 0.386 e. The summed E-state index contributed by atoms with van der Waals surface area (Å²) in [5.74, 6) is -1.62. The fraction of sp³-hybridized carbons (Fsp3) is 0.333. The molecule has 2 aromatic rings. The van der Waals surface area contributed by atoms with Gasteiger partial charge in [-0.25, -0.2) is 4.39 Å². The van der Waals surface area contributed by atoms with E-state index in [2.05, 4.69) is 4.98 Å². The van der Waals surface area contributed by atoms with Crippen molar-refractivity contribution in [3.63, 3.8) is 0 Å². The zero-order chi connectivity index (χ0) is 19.3. The number of carbonyl (C=O) groups excluding carboxylic acids is 1. The standard InChI is InChI=1S/C18H20F3N3O2/c1-10(22)14-7-6-13(9-23-14)11-2-4-12(5-3-11)16(25)15(8-19)24-18(26)17(20)21/h2-7,9-10,15-17,25H,8,22H2,1H3,(H,24,26)/t10?,15-,16-/m1/s1. The van der Waals surface area contributed by atoms with E-state index in [-0.39, 0.29) is 6.04 Å². The van der Waals surface area contributed by atoms with Gasteiger partial charge in [-0.2, -0.15) is 8.78 Å². The van der Waals surface area contributed by atoms with E-state index in [1.807, 2.05) is 19.1 Å². The van der Waals surface area contributed by atoms with Crippen LogP contribution in [0.3, 0.4) is 0 Å². The molecule has 1 heterocycles. The van der Waals surface area contributed by atoms with Crippen LogP contribution in [0.1, 0.15) is 30.3 Å². The average molecular weight is 367 g/mol. The minimum absolute atomic E-state index is 0.178. The number of pyridine rings is 1. The highest BCUT2D eigenvalue weighted by Crippen LogP contribution is 2.24. The lowest BCUT2D eigenvalue weighted by Crippen LogP contribution is -2.43. The summed E-state index contributed by atoms with van der Waals surface area (Å²) in [7, 11) is 0. The molecule has 0 bridgehead atoms. The van der Waals surface area contributed by atoms with Crippen molar-refractivity contribution in [2.24, 2.45) is 5.73 Å². The molecule has 0 fully saturated rings. The number of benzene rings is 1. The Bertz CT molecular complexity index is 721. The van der Waals surface area contributed by atoms with Crippen LogP contribution in [-0.2, 0) is 4.79 Å². The topological polar surface area (TPSA) is 88.2 Å². The average Bonchev–Trinajstić information content (AvgIpc) is 2.65. The molecule has 0 saturated carbocycles. The zero-order valence-corrected chi connectivity index (χ0v) is 14.1. The minimum atomic E-state index is -3.27. The van der Waals surface area contributed by atoms with Gasteiger partial charge in [0.15, 0.2) is 0 Å². The third-order valence-corrected chi connectivity index (χ3v) is 3.91. The maximum absolute atomic E-state index is 13.0. The molecule has 8 heteroatoms. The molecule has 1 aromatic heterocycles. The summed E-state index contributed by atoms with van der Waals surface area (Å²) in [5.41, 5.74) is 8.43. The first kappa shape index (κ1) is 19.9. The number of aliphatic hydroxyl groups is 1. The Morgan fingerprint density at radius 1 is 1.19 bits per heavy atom. The Morgan fingerprint density at radius 3 is 2.27 bits per heavy atom. The lowest BCUT2D eigenvalue weighted by atomic mass is 9.99. The van der Waals surface area contributed by atoms with Crippen molar-refractivity contribution in [2.45, 2.75) is 31.5 Å². The number of aromatic nitrogens is 1. The summed E-state index contributed by atoms with van der Waals surface area (Å²) < 4.78 is 37.6. The number of alkyl halides is 3. The summed E-state index contributed by atoms with van der Waals surface area (Å²) in [4.78, 5) is 15.3. The van der Waals surface area contributed by atoms with Crippen molar-refractivity contribution in [2.75, 3.05) is 6.67 Å². The van der Waals surface area contributed by atoms with E-state index < -0.39 is 31.2 Å². The highest BCUT2D eigenvalue weighted by Gasteiger charge is 2.26. The lowest BCUT2D eigenvalue weighted by Gasteiger charge is -2.22. The van der Waals surface area contributed by atoms with E-state index >= 15 is 0 Å². The Hall–Kier alpha value is -2.45. The van der Waals surface area contributed by atoms with Crippen LogP contribution in [0.5, 0.6) is 0 Å². The normalized spacial score (nSPS) is 14.7. The molecule has 140 valence electrons. The highest BCUT2D eigenvalue weighted by molar-refractivity contribution is 5.79. The van der Waals surface area contributed by atoms with E-state index in [9.17, 15) is 23.1 Å². The summed E-state index contributed by atoms with van der Waals surface area (Å²) >= 11 is 0. The maximum Gasteiger partial charge on any atom is 0.315 e. The molecule has 1 unspecified atom stereocenters. The van der Waals surface area contributed by atoms with Crippen LogP contribution in [0.4, 0.5) is 13.2 Å². The van der Waals surface area contributed by atoms with Crippen molar-refractivity contribution >= 4 is 5.91 Å². The molecule has 0 aliphatic heterocycles. The van der Waals surface area contributed by atoms with Crippen LogP contribution in [-0.4, -0.2) is 35.1 Å². The van der Waals surface area contributed by atoms with Crippen molar-refractivity contribution in [1.29, 1.82) is 0 Å². The molecule has 26 heavy (non-hydrogen) atoms. The molecular formula is C18H20F3N3O2. The van der Waals surface area contributed by atoms with Crippen molar-refractivity contribution in [1.82, 2.24) is 10.3 Å². The van der Waals surface area contributed by atoms with Gasteiger partial charge >= 0.3 is 6.43 Å². The Labute approximate surface area is 149 Å². The fourth-order valence-electron chi connectivity index (χ4n) is 2.40. The first-order chi connectivity index (χ1) is 12.3. The number of carbonyl (C=O) groups is 1. The first-order valence-electron chi connectivity index (χ1n) is 7.98. The second-order valence-corrected chi connectivity index (χ2v) is 5.90. The number of rotatable bonds is 7. The van der Waals surface area contributed by atoms with E-state index in [1.54, 1.807) is 23.6 Å². The molecular weight excluding hydrogens is 347 g/mol. The quantitative estimate of drug-likeness (QED) is 0.702. The molecule has 3 atom stereocenters. The van der Waals surface area contributed by atoms with Crippen LogP contribution in [0.2, 0.25) is 0 Å². The van der Waals surface area contributed by atoms with Gasteiger partial charge in [0, 0.05) is 17.8 Å². The fourth-order valence-corrected chi connectivity index (χ4v) is 2.40. The SMILES string of the molecule is CC(N)c1ccc(-c2ccc([C@@H](O)[C@@H](CF)NC(=O)C(F)F)cc2)cn1. The van der Waals surface area contributed by atoms with Gasteiger partial charge in [0.25, 0.3) is 5.91 Å². The van der Waals surface area contributed by atoms with Crippen LogP contribution < -0.4 is 11.1 Å². The number of hydrogen-bond donors (Lipinski definition) is 3. The third-order valence-electron chi connectivity index (χ3n) is 3.91. The summed E-state index contributed by atoms with van der Waals surface area (Å²) in [6.07, 6.45) is -3.06. The smallest absolute Gasteiger partial charge is 0.315 e. The van der Waals surface area contributed by atoms with Crippen molar-refractivity contribution in [3.05, 3.63) is 53.9 Å². The third kappa shape index (κ3) is 4.80. The van der Waals surface area contributed by atoms with Crippen LogP contribution in [0.15, 0.2) is 42.6 Å². The number of amides is 1. The van der Waals surface area contributed by atoms with Gasteiger partial charge in [0.1, 0.15) is 12.8 Å². The molecule has 4 N–H and O–H groups in total. The Balaban J connectivity index is 2.13. The molecule has 1 aromatic carbocycles. The van der Waals surface area contributed by atoms with Crippen LogP contribution >= 0.6 is 0 Å². The molecule has 0 aliphatic carbocycles. The second kappa shape index (κ2) is 8.77. The van der Waals surface area contributed by atoms with Gasteiger partial charge in [0.2, 0.25) is 0 Å². The number of nitrogens with one attached hydrogen (secondary N) is 1.